The molecule has 4 heterocycles. The van der Waals surface area contributed by atoms with E-state index in [0.717, 1.165) is 33.8 Å². The highest BCUT2D eigenvalue weighted by atomic mass is 35.5. The Bertz CT molecular complexity index is 2210. The number of fused-ring (bicyclic) bond motifs is 3. The molecule has 1 unspecified atom stereocenters. The van der Waals surface area contributed by atoms with Crippen LogP contribution in [0.25, 0.3) is 0 Å². The lowest BCUT2D eigenvalue weighted by atomic mass is 9.82. The van der Waals surface area contributed by atoms with Gasteiger partial charge in [-0.05, 0) is 79.0 Å². The number of carbonyl (C=O) groups excluding carboxylic acids is 2. The summed E-state index contributed by atoms with van der Waals surface area (Å²) in [5, 5.41) is 19.5. The van der Waals surface area contributed by atoms with Crippen LogP contribution < -0.4 is 9.80 Å². The summed E-state index contributed by atoms with van der Waals surface area (Å²) in [4.78, 5) is 43.6. The maximum Gasteiger partial charge on any atom is 0.264 e. The molecular weight excluding hydrogens is 718 g/mol. The number of hydrogen-bond acceptors (Lipinski definition) is 7. The highest BCUT2D eigenvalue weighted by Gasteiger charge is 2.66. The van der Waals surface area contributed by atoms with Crippen LogP contribution in [0.5, 0.6) is 0 Å². The average Bonchev–Trinajstić information content (AvgIpc) is 3.81. The minimum absolute atomic E-state index is 0.0367. The van der Waals surface area contributed by atoms with Crippen molar-refractivity contribution in [3.63, 3.8) is 0 Å². The third kappa shape index (κ3) is 6.27. The van der Waals surface area contributed by atoms with Crippen molar-refractivity contribution in [1.29, 1.82) is 0 Å². The van der Waals surface area contributed by atoms with Gasteiger partial charge in [-0.15, -0.1) is 5.10 Å². The van der Waals surface area contributed by atoms with Crippen LogP contribution in [-0.4, -0.2) is 57.7 Å². The molecule has 4 aromatic carbocycles. The number of carbonyl (C=O) groups is 2. The van der Waals surface area contributed by atoms with Gasteiger partial charge in [-0.1, -0.05) is 84.4 Å². The zero-order chi connectivity index (χ0) is 37.8. The Balaban J connectivity index is 1.08. The first kappa shape index (κ1) is 36.3. The Labute approximate surface area is 321 Å². The van der Waals surface area contributed by atoms with Gasteiger partial charge < -0.3 is 19.5 Å². The lowest BCUT2D eigenvalue weighted by molar-refractivity contribution is -0.146. The number of aliphatic hydroxyl groups is 1. The van der Waals surface area contributed by atoms with Crippen molar-refractivity contribution in [1.82, 2.24) is 15.0 Å². The minimum atomic E-state index is -2.91. The van der Waals surface area contributed by atoms with Crippen molar-refractivity contribution in [3.8, 4) is 0 Å². The molecule has 1 fully saturated rings. The van der Waals surface area contributed by atoms with Gasteiger partial charge in [-0.3, -0.25) is 19.2 Å². The van der Waals surface area contributed by atoms with Crippen LogP contribution in [0.2, 0.25) is 23.7 Å². The number of aliphatic hydroxyl groups excluding tert-OH is 1. The number of aromatic nitrogens is 3. The largest absolute Gasteiger partial charge is 0.432 e. The minimum Gasteiger partial charge on any atom is -0.432 e. The number of ether oxygens (including phenoxy) is 1. The molecule has 0 bridgehead atoms. The maximum absolute atomic E-state index is 15.0. The van der Waals surface area contributed by atoms with Crippen LogP contribution in [0.4, 0.5) is 17.1 Å². The van der Waals surface area contributed by atoms with Crippen molar-refractivity contribution in [2.24, 2.45) is 5.92 Å². The van der Waals surface area contributed by atoms with Crippen LogP contribution in [0.15, 0.2) is 103 Å². The van der Waals surface area contributed by atoms with E-state index >= 15 is 4.79 Å². The van der Waals surface area contributed by atoms with E-state index in [-0.39, 0.29) is 42.3 Å². The molecule has 0 aliphatic carbocycles. The molecule has 2 N–H and O–H groups in total. The Morgan fingerprint density at radius 3 is 2.52 bits per heavy atom. The number of anilines is 3. The molecule has 3 aliphatic rings. The molecule has 1 saturated heterocycles. The van der Waals surface area contributed by atoms with E-state index in [1.165, 1.54) is 0 Å². The van der Waals surface area contributed by atoms with E-state index in [2.05, 4.69) is 16.4 Å². The first-order chi connectivity index (χ1) is 26.0. The molecule has 278 valence electrons. The Morgan fingerprint density at radius 2 is 1.74 bits per heavy atom. The Hall–Kier alpha value is -4.65. The third-order valence-electron chi connectivity index (χ3n) is 11.5. The zero-order valence-corrected chi connectivity index (χ0v) is 32.4. The molecule has 10 nitrogen and oxygen atoms in total. The van der Waals surface area contributed by atoms with Gasteiger partial charge in [0.05, 0.1) is 42.2 Å². The van der Waals surface area contributed by atoms with E-state index in [1.807, 2.05) is 111 Å². The van der Waals surface area contributed by atoms with Crippen LogP contribution in [0.3, 0.4) is 0 Å². The number of amides is 2. The van der Waals surface area contributed by atoms with Crippen molar-refractivity contribution in [3.05, 3.63) is 136 Å². The van der Waals surface area contributed by atoms with Crippen molar-refractivity contribution >= 4 is 48.8 Å². The van der Waals surface area contributed by atoms with Gasteiger partial charge in [-0.2, -0.15) is 0 Å². The lowest BCUT2D eigenvalue weighted by Crippen LogP contribution is -2.46. The predicted molar refractivity (Wildman–Crippen MR) is 210 cm³/mol. The number of aryl methyl sites for hydroxylation is 2. The molecule has 5 atom stereocenters. The molecule has 1 spiro atoms. The van der Waals surface area contributed by atoms with E-state index in [0.29, 0.717) is 42.1 Å². The molecule has 1 aromatic heterocycles. The van der Waals surface area contributed by atoms with Crippen LogP contribution in [0, 0.1) is 5.92 Å². The quantitative estimate of drug-likeness (QED) is 0.146. The number of rotatable bonds is 10. The van der Waals surface area contributed by atoms with Gasteiger partial charge in [0.1, 0.15) is 0 Å². The van der Waals surface area contributed by atoms with Gasteiger partial charge in [-0.25, -0.2) is 0 Å². The van der Waals surface area contributed by atoms with E-state index in [4.69, 9.17) is 16.3 Å². The highest BCUT2D eigenvalue weighted by Crippen LogP contribution is 2.60. The molecule has 0 saturated carbocycles. The van der Waals surface area contributed by atoms with Crippen LogP contribution >= 0.6 is 11.6 Å². The van der Waals surface area contributed by atoms with Crippen molar-refractivity contribution in [2.75, 3.05) is 16.4 Å². The summed E-state index contributed by atoms with van der Waals surface area (Å²) < 4.78 is 8.78. The van der Waals surface area contributed by atoms with Gasteiger partial charge in [0.25, 0.3) is 5.91 Å². The van der Waals surface area contributed by atoms with Crippen molar-refractivity contribution in [2.45, 2.75) is 75.5 Å². The molecule has 8 rings (SSSR count). The molecule has 54 heavy (non-hydrogen) atoms. The number of nitrogens with zero attached hydrogens (tertiary/aromatic N) is 5. The summed E-state index contributed by atoms with van der Waals surface area (Å²) in [5.41, 5.74) is 5.03. The second kappa shape index (κ2) is 14.2. The highest BCUT2D eigenvalue weighted by molar-refractivity contribution is 6.71. The second-order valence-electron chi connectivity index (χ2n) is 15.3. The summed E-state index contributed by atoms with van der Waals surface area (Å²) in [5.74, 6) is -0.822. The van der Waals surface area contributed by atoms with E-state index in [9.17, 15) is 14.7 Å². The lowest BCUT2D eigenvalue weighted by Gasteiger charge is -2.32. The fourth-order valence-corrected chi connectivity index (χ4v) is 11.8. The average molecular weight is 762 g/mol. The third-order valence-corrected chi connectivity index (χ3v) is 14.2. The van der Waals surface area contributed by atoms with Gasteiger partial charge in [0, 0.05) is 46.9 Å². The first-order valence-electron chi connectivity index (χ1n) is 18.6. The van der Waals surface area contributed by atoms with Gasteiger partial charge in [0.15, 0.2) is 13.9 Å². The fourth-order valence-electron chi connectivity index (χ4n) is 9.06. The molecule has 5 aromatic rings. The maximum atomic E-state index is 15.0. The summed E-state index contributed by atoms with van der Waals surface area (Å²) in [7, 11) is -2.91. The molecular formula is C42H44ClN5O5Si. The first-order valence-corrected chi connectivity index (χ1v) is 22.0. The molecule has 2 amide bonds. The normalized spacial score (nSPS) is 22.9. The standard InChI is InChI=1S/C42H44ClN5O5Si/c1-27-40(54(2,3)52)38(20-21-46-25-35(44-45-46)33(26-49)29-11-5-4-6-12-29)53-42(27)34-23-31(43)17-18-37(34)47(41(42)51)24-28-10-9-14-32(22-28)48-36-15-8-7-13-30(36)16-19-39(48)50/h4-15,17-18,22-23,25,27,33,38,40,49,52H,16,19-21,24,26H2,1-3H3/t27-,33?,38+,40-,42+/m0/s1. The number of benzene rings is 4. The summed E-state index contributed by atoms with van der Waals surface area (Å²) in [6.45, 7) is 6.43. The Kier molecular flexibility index (Phi) is 9.56. The number of para-hydroxylation sites is 1. The predicted octanol–water partition coefficient (Wildman–Crippen LogP) is 7.10. The fraction of sp³-hybridized carbons (Fsp3) is 0.333. The van der Waals surface area contributed by atoms with Crippen LogP contribution in [-0.2, 0) is 39.4 Å². The zero-order valence-electron chi connectivity index (χ0n) is 30.6. The number of hydrogen-bond donors (Lipinski definition) is 2. The van der Waals surface area contributed by atoms with E-state index in [1.54, 1.807) is 20.5 Å². The SMILES string of the molecule is C[C@H]1[C@H]([Si](C)(C)O)[C@@H](CCn2cc(C(CO)c3ccccc3)nn2)O[C@]12C(=O)N(Cc1cccc(N3C(=O)CCc4ccccc43)c1)c1ccc(Cl)cc12. The summed E-state index contributed by atoms with van der Waals surface area (Å²) in [6, 6.07) is 31.0. The molecule has 3 aliphatic heterocycles. The summed E-state index contributed by atoms with van der Waals surface area (Å²) >= 11 is 6.64. The topological polar surface area (TPSA) is 121 Å². The Morgan fingerprint density at radius 1 is 0.963 bits per heavy atom. The van der Waals surface area contributed by atoms with Gasteiger partial charge in [0.2, 0.25) is 5.91 Å². The van der Waals surface area contributed by atoms with Crippen LogP contribution in [0.1, 0.15) is 53.6 Å². The summed E-state index contributed by atoms with van der Waals surface area (Å²) in [6.07, 6.45) is 3.02. The molecule has 0 radical (unpaired) electrons. The number of halogens is 1. The van der Waals surface area contributed by atoms with Gasteiger partial charge >= 0.3 is 0 Å². The second-order valence-corrected chi connectivity index (χ2v) is 19.7. The van der Waals surface area contributed by atoms with E-state index < -0.39 is 20.0 Å². The smallest absolute Gasteiger partial charge is 0.264 e. The monoisotopic (exact) mass is 761 g/mol. The molecule has 12 heteroatoms. The van der Waals surface area contributed by atoms with Crippen molar-refractivity contribution < 1.29 is 24.2 Å².